The minimum atomic E-state index is -3.87. The smallest absolute Gasteiger partial charge is 0.407 e. The van der Waals surface area contributed by atoms with E-state index in [9.17, 15) is 28.5 Å². The van der Waals surface area contributed by atoms with Crippen LogP contribution in [0.4, 0.5) is 4.79 Å². The first-order valence-corrected chi connectivity index (χ1v) is 11.4. The lowest BCUT2D eigenvalue weighted by atomic mass is 9.79. The monoisotopic (exact) mass is 448 g/mol. The van der Waals surface area contributed by atoms with Gasteiger partial charge in [0.1, 0.15) is 0 Å². The number of hydroxylamine groups is 1. The average molecular weight is 449 g/mol. The zero-order valence-electron chi connectivity index (χ0n) is 16.8. The van der Waals surface area contributed by atoms with Gasteiger partial charge in [-0.3, -0.25) is 10.0 Å². The Morgan fingerprint density at radius 1 is 1.19 bits per heavy atom. The first-order valence-electron chi connectivity index (χ1n) is 9.81. The molecule has 2 aliphatic heterocycles. The van der Waals surface area contributed by atoms with Crippen molar-refractivity contribution in [1.29, 1.82) is 5.26 Å². The molecule has 0 unspecified atom stereocenters. The highest BCUT2D eigenvalue weighted by molar-refractivity contribution is 7.89. The molecular formula is C20H24N4O6S. The lowest BCUT2D eigenvalue weighted by Crippen LogP contribution is -2.54. The highest BCUT2D eigenvalue weighted by Gasteiger charge is 2.47. The zero-order chi connectivity index (χ0) is 22.6. The van der Waals surface area contributed by atoms with E-state index in [0.29, 0.717) is 12.0 Å². The largest absolute Gasteiger partial charge is 0.465 e. The number of nitriles is 1. The van der Waals surface area contributed by atoms with E-state index in [2.05, 4.69) is 6.07 Å². The zero-order valence-corrected chi connectivity index (χ0v) is 17.6. The number of hydrogen-bond acceptors (Lipinski definition) is 6. The minimum Gasteiger partial charge on any atom is -0.465 e. The van der Waals surface area contributed by atoms with Crippen molar-refractivity contribution in [2.75, 3.05) is 31.9 Å². The third-order valence-corrected chi connectivity index (χ3v) is 8.03. The Hall–Kier alpha value is -2.94. The van der Waals surface area contributed by atoms with Crippen LogP contribution in [0.5, 0.6) is 0 Å². The van der Waals surface area contributed by atoms with Gasteiger partial charge in [-0.1, -0.05) is 24.3 Å². The number of benzene rings is 1. The summed E-state index contributed by atoms with van der Waals surface area (Å²) in [6, 6.07) is 9.26. The number of nitrogens with zero attached hydrogens (tertiary/aromatic N) is 3. The normalized spacial score (nSPS) is 19.2. The number of carboxylic acid groups (broad SMARTS) is 1. The fourth-order valence-electron chi connectivity index (χ4n) is 4.13. The Balaban J connectivity index is 1.77. The van der Waals surface area contributed by atoms with Crippen LogP contribution in [0.25, 0.3) is 5.57 Å². The van der Waals surface area contributed by atoms with Gasteiger partial charge >= 0.3 is 6.09 Å². The van der Waals surface area contributed by atoms with Crippen LogP contribution in [0.15, 0.2) is 30.3 Å². The number of piperidine rings is 1. The van der Waals surface area contributed by atoms with E-state index in [4.69, 9.17) is 5.11 Å². The van der Waals surface area contributed by atoms with Crippen molar-refractivity contribution in [3.63, 3.8) is 0 Å². The molecule has 0 saturated carbocycles. The van der Waals surface area contributed by atoms with Gasteiger partial charge < -0.3 is 10.0 Å². The van der Waals surface area contributed by atoms with Gasteiger partial charge in [-0.15, -0.1) is 0 Å². The van der Waals surface area contributed by atoms with Gasteiger partial charge in [-0.2, -0.15) is 9.57 Å². The van der Waals surface area contributed by atoms with Crippen LogP contribution < -0.4 is 5.48 Å². The lowest BCUT2D eigenvalue weighted by molar-refractivity contribution is -0.141. The number of likely N-dealkylation sites (tertiary alicyclic amines) is 1. The first kappa shape index (κ1) is 22.7. The van der Waals surface area contributed by atoms with Crippen LogP contribution in [0.3, 0.4) is 0 Å². The van der Waals surface area contributed by atoms with Crippen molar-refractivity contribution < 1.29 is 28.3 Å². The number of carbonyl (C=O) groups excluding carboxylic acids is 1. The molecule has 1 aromatic carbocycles. The average Bonchev–Trinajstić information content (AvgIpc) is 2.78. The quantitative estimate of drug-likeness (QED) is 0.453. The van der Waals surface area contributed by atoms with Crippen molar-refractivity contribution in [2.45, 2.75) is 19.3 Å². The van der Waals surface area contributed by atoms with E-state index < -0.39 is 33.2 Å². The predicted octanol–water partition coefficient (Wildman–Crippen LogP) is 1.24. The van der Waals surface area contributed by atoms with Gasteiger partial charge in [0.05, 0.1) is 22.8 Å². The summed E-state index contributed by atoms with van der Waals surface area (Å²) in [5.74, 6) is -1.34. The van der Waals surface area contributed by atoms with Crippen molar-refractivity contribution in [2.24, 2.45) is 5.41 Å². The summed E-state index contributed by atoms with van der Waals surface area (Å²) < 4.78 is 27.5. The molecule has 2 amide bonds. The van der Waals surface area contributed by atoms with Crippen LogP contribution >= 0.6 is 0 Å². The minimum absolute atomic E-state index is 0.00457. The van der Waals surface area contributed by atoms with Crippen LogP contribution in [-0.4, -0.2) is 71.9 Å². The molecule has 166 valence electrons. The highest BCUT2D eigenvalue weighted by Crippen LogP contribution is 2.35. The van der Waals surface area contributed by atoms with Crippen molar-refractivity contribution in [3.05, 3.63) is 41.5 Å². The van der Waals surface area contributed by atoms with E-state index in [-0.39, 0.29) is 39.0 Å². The second-order valence-corrected chi connectivity index (χ2v) is 9.71. The summed E-state index contributed by atoms with van der Waals surface area (Å²) in [6.07, 6.45) is 1.05. The number of nitrogens with one attached hydrogen (secondary N) is 1. The maximum absolute atomic E-state index is 13.1. The fourth-order valence-corrected chi connectivity index (χ4v) is 6.10. The summed E-state index contributed by atoms with van der Waals surface area (Å²) in [4.78, 5) is 24.7. The molecule has 2 aliphatic rings. The molecule has 10 nitrogen and oxygen atoms in total. The molecule has 0 bridgehead atoms. The van der Waals surface area contributed by atoms with Crippen molar-refractivity contribution in [3.8, 4) is 6.07 Å². The van der Waals surface area contributed by atoms with E-state index in [0.717, 1.165) is 16.0 Å². The summed E-state index contributed by atoms with van der Waals surface area (Å²) in [7, 11) is -3.87. The SMILES string of the molecule is N#Cc1ccccc1C1=CCN(S(=O)(=O)CC2(C(=O)NO)CCN(C(=O)O)CC2)CC1. The maximum atomic E-state index is 13.1. The number of hydrogen-bond donors (Lipinski definition) is 3. The van der Waals surface area contributed by atoms with Gasteiger partial charge in [0.2, 0.25) is 10.0 Å². The highest BCUT2D eigenvalue weighted by atomic mass is 32.2. The lowest BCUT2D eigenvalue weighted by Gasteiger charge is -2.40. The third-order valence-electron chi connectivity index (χ3n) is 5.99. The molecule has 1 fully saturated rings. The van der Waals surface area contributed by atoms with E-state index in [1.807, 2.05) is 12.1 Å². The molecule has 1 aromatic rings. The maximum Gasteiger partial charge on any atom is 0.407 e. The molecule has 0 spiro atoms. The third kappa shape index (κ3) is 4.71. The topological polar surface area (TPSA) is 151 Å². The molecule has 31 heavy (non-hydrogen) atoms. The second-order valence-electron chi connectivity index (χ2n) is 7.74. The van der Waals surface area contributed by atoms with Crippen molar-refractivity contribution >= 4 is 27.6 Å². The van der Waals surface area contributed by atoms with E-state index >= 15 is 0 Å². The van der Waals surface area contributed by atoms with E-state index in [1.165, 1.54) is 4.31 Å². The predicted molar refractivity (Wildman–Crippen MR) is 110 cm³/mol. The Morgan fingerprint density at radius 2 is 1.87 bits per heavy atom. The Kier molecular flexibility index (Phi) is 6.64. The molecule has 0 radical (unpaired) electrons. The molecule has 2 heterocycles. The number of sulfonamides is 1. The summed E-state index contributed by atoms with van der Waals surface area (Å²) in [6.45, 7) is 0.321. The van der Waals surface area contributed by atoms with Crippen LogP contribution in [0.1, 0.15) is 30.4 Å². The fraction of sp³-hybridized carbons (Fsp3) is 0.450. The number of carbonyl (C=O) groups is 2. The molecule has 3 rings (SSSR count). The molecule has 0 aromatic heterocycles. The molecule has 3 N–H and O–H groups in total. The van der Waals surface area contributed by atoms with Crippen LogP contribution in [0, 0.1) is 16.7 Å². The van der Waals surface area contributed by atoms with Gasteiger partial charge in [-0.05, 0) is 36.5 Å². The Bertz CT molecular complexity index is 1040. The molecule has 1 saturated heterocycles. The standard InChI is InChI=1S/C20H24N4O6S/c21-13-16-3-1-2-4-17(16)15-5-9-24(10-6-15)31(29,30)14-20(18(25)22-28)7-11-23(12-8-20)19(26)27/h1-5,28H,6-12,14H2,(H,22,25)(H,26,27). The van der Waals surface area contributed by atoms with Gasteiger partial charge in [-0.25, -0.2) is 18.7 Å². The molecule has 0 atom stereocenters. The summed E-state index contributed by atoms with van der Waals surface area (Å²) >= 11 is 0. The van der Waals surface area contributed by atoms with Crippen LogP contribution in [-0.2, 0) is 14.8 Å². The molecular weight excluding hydrogens is 424 g/mol. The molecule has 11 heteroatoms. The van der Waals surface area contributed by atoms with Gasteiger partial charge in [0.15, 0.2) is 0 Å². The van der Waals surface area contributed by atoms with Crippen molar-refractivity contribution in [1.82, 2.24) is 14.7 Å². The Morgan fingerprint density at radius 3 is 2.42 bits per heavy atom. The van der Waals surface area contributed by atoms with Gasteiger partial charge in [0.25, 0.3) is 5.91 Å². The van der Waals surface area contributed by atoms with E-state index in [1.54, 1.807) is 23.7 Å². The second kappa shape index (κ2) is 9.05. The van der Waals surface area contributed by atoms with Crippen LogP contribution in [0.2, 0.25) is 0 Å². The summed E-state index contributed by atoms with van der Waals surface area (Å²) in [5.41, 5.74) is 2.34. The summed E-state index contributed by atoms with van der Waals surface area (Å²) in [5, 5.41) is 27.6. The Labute approximate surface area is 180 Å². The number of amides is 2. The van der Waals surface area contributed by atoms with Gasteiger partial charge in [0, 0.05) is 26.2 Å². The first-order chi connectivity index (χ1) is 14.7. The molecule has 0 aliphatic carbocycles. The number of rotatable bonds is 5.